The second-order valence-electron chi connectivity index (χ2n) is 18.7. The number of hydrogen-bond donors (Lipinski definition) is 0. The summed E-state index contributed by atoms with van der Waals surface area (Å²) in [6.45, 7) is 24.8. The molecule has 8 unspecified atom stereocenters. The molecule has 0 bridgehead atoms. The molecule has 6 aliphatic carbocycles. The maximum absolute atomic E-state index is 2.99. The number of unbranched alkanes of at least 4 members (excludes halogenated alkanes) is 2. The zero-order chi connectivity index (χ0) is 40.5. The van der Waals surface area contributed by atoms with E-state index in [-0.39, 0.29) is 62.7 Å². The average molecular weight is 893 g/mol. The van der Waals surface area contributed by atoms with Crippen LogP contribution in [0.25, 0.3) is 0 Å². The van der Waals surface area contributed by atoms with Gasteiger partial charge in [-0.05, 0) is 28.6 Å². The molecule has 2 aromatic carbocycles. The summed E-state index contributed by atoms with van der Waals surface area (Å²) in [6, 6.07) is 18.4. The van der Waals surface area contributed by atoms with Crippen LogP contribution in [0.1, 0.15) is 124 Å². The van der Waals surface area contributed by atoms with E-state index in [0.29, 0.717) is 5.92 Å². The molecule has 2 saturated carbocycles. The van der Waals surface area contributed by atoms with Gasteiger partial charge in [0.2, 0.25) is 0 Å². The molecule has 2 aromatic rings. The molecule has 2 fully saturated rings. The van der Waals surface area contributed by atoms with E-state index in [9.17, 15) is 0 Å². The first-order valence-electron chi connectivity index (χ1n) is 21.6. The first-order valence-corrected chi connectivity index (χ1v) is 22.8. The van der Waals surface area contributed by atoms with Crippen LogP contribution in [0.3, 0.4) is 0 Å². The molecule has 308 valence electrons. The van der Waals surface area contributed by atoms with Gasteiger partial charge in [-0.25, -0.2) is 12.2 Å². The van der Waals surface area contributed by atoms with E-state index in [2.05, 4.69) is 203 Å². The number of halogens is 2. The number of allylic oxidation sites excluding steroid dienone is 16. The Kier molecular flexibility index (Phi) is 15.6. The molecule has 0 saturated heterocycles. The average Bonchev–Trinajstić information content (AvgIpc) is 3.86. The quantitative estimate of drug-likeness (QED) is 0.232. The van der Waals surface area contributed by atoms with Gasteiger partial charge in [-0.3, -0.25) is 6.08 Å². The third kappa shape index (κ3) is 7.32. The van der Waals surface area contributed by atoms with Crippen molar-refractivity contribution in [1.82, 2.24) is 0 Å². The molecule has 0 aromatic heterocycles. The van der Waals surface area contributed by atoms with E-state index in [1.807, 2.05) is 12.2 Å². The minimum absolute atomic E-state index is 0. The van der Waals surface area contributed by atoms with Crippen molar-refractivity contribution >= 4 is 28.0 Å². The van der Waals surface area contributed by atoms with Crippen LogP contribution in [0.2, 0.25) is 0 Å². The number of fused-ring (bicyclic) bond motifs is 8. The Morgan fingerprint density at radius 3 is 1.55 bits per heavy atom. The number of benzene rings is 2. The summed E-state index contributed by atoms with van der Waals surface area (Å²) < 4.78 is 1.45. The molecule has 6 aliphatic rings. The maximum atomic E-state index is 2.99. The topological polar surface area (TPSA) is 0 Å². The van der Waals surface area contributed by atoms with E-state index in [1.165, 1.54) is 93.8 Å². The van der Waals surface area contributed by atoms with Crippen molar-refractivity contribution in [3.63, 3.8) is 0 Å². The van der Waals surface area contributed by atoms with Gasteiger partial charge in [0.1, 0.15) is 0 Å². The zero-order valence-corrected chi connectivity index (χ0v) is 41.2. The van der Waals surface area contributed by atoms with Gasteiger partial charge < -0.3 is 6.42 Å². The Morgan fingerprint density at radius 1 is 0.655 bits per heavy atom. The standard InChI is InChI=1S/C29H37.C21H26.C5H5.2ClH.Zr/c1-21-14-13-15-22-20-27(6)25(4)18-10-9-16-23(25,2)24(3)17-11-12-19-26(24,5)29(27,8)28(21,22)7;1-3-5-7-18-9-13-20(14-10-18)17-21-15-11-19(12-16-21)8-6-4-2;1-2-4-5-3-1;;;/h9-20,22H,1-8H3;9-16H,3-8H2,1-2H3;1-3H,4H2;2*1H;/q-1;;-1;;;+2. The summed E-state index contributed by atoms with van der Waals surface area (Å²) in [4.78, 5) is 0. The normalized spacial score (nSPS) is 35.1. The molecular formula is C55H70Cl2Zr. The van der Waals surface area contributed by atoms with Crippen LogP contribution in [-0.4, -0.2) is 3.21 Å². The zero-order valence-electron chi connectivity index (χ0n) is 37.1. The van der Waals surface area contributed by atoms with Crippen molar-refractivity contribution < 1.29 is 24.2 Å². The predicted molar refractivity (Wildman–Crippen MR) is 253 cm³/mol. The molecule has 0 amide bonds. The van der Waals surface area contributed by atoms with Crippen LogP contribution in [0.15, 0.2) is 139 Å². The van der Waals surface area contributed by atoms with Gasteiger partial charge in [-0.15, -0.1) is 48.6 Å². The van der Waals surface area contributed by atoms with E-state index < -0.39 is 0 Å². The second kappa shape index (κ2) is 18.8. The molecule has 0 heterocycles. The van der Waals surface area contributed by atoms with Gasteiger partial charge in [0.15, 0.2) is 0 Å². The number of rotatable bonds is 8. The monoisotopic (exact) mass is 890 g/mol. The van der Waals surface area contributed by atoms with Gasteiger partial charge in [-0.2, -0.15) is 6.08 Å². The summed E-state index contributed by atoms with van der Waals surface area (Å²) in [5.41, 5.74) is 7.41. The molecule has 3 heteroatoms. The third-order valence-corrected chi connectivity index (χ3v) is 18.2. The van der Waals surface area contributed by atoms with Crippen molar-refractivity contribution in [1.29, 1.82) is 0 Å². The van der Waals surface area contributed by atoms with E-state index in [0.717, 1.165) is 6.42 Å². The minimum Gasteiger partial charge on any atom is -0.273 e. The molecule has 8 rings (SSSR count). The molecule has 58 heavy (non-hydrogen) atoms. The van der Waals surface area contributed by atoms with Gasteiger partial charge in [0.05, 0.1) is 0 Å². The van der Waals surface area contributed by atoms with Crippen LogP contribution in [0.4, 0.5) is 0 Å². The Morgan fingerprint density at radius 2 is 1.12 bits per heavy atom. The molecule has 0 radical (unpaired) electrons. The molecular weight excluding hydrogens is 823 g/mol. The summed E-state index contributed by atoms with van der Waals surface area (Å²) >= 11 is 1.48. The van der Waals surface area contributed by atoms with E-state index in [4.69, 9.17) is 0 Å². The largest absolute Gasteiger partial charge is 0.273 e. The number of hydrogen-bond acceptors (Lipinski definition) is 0. The van der Waals surface area contributed by atoms with Crippen molar-refractivity contribution in [3.8, 4) is 0 Å². The van der Waals surface area contributed by atoms with Gasteiger partial charge in [0, 0.05) is 10.8 Å². The Balaban J connectivity index is 0.000000228. The summed E-state index contributed by atoms with van der Waals surface area (Å²) in [6.07, 6.45) is 46.8. The summed E-state index contributed by atoms with van der Waals surface area (Å²) in [5, 5.41) is 0. The van der Waals surface area contributed by atoms with Crippen LogP contribution >= 0.6 is 24.8 Å². The van der Waals surface area contributed by atoms with Crippen molar-refractivity contribution in [2.45, 2.75) is 114 Å². The SMILES string of the molecule is CC1=CC=CC2[CH-]C3(C)C4(C)C=CC=CC4(C)C4(C)C=CC=CC4(C)C3(C)C12C.CCCCc1ccc([C](=[Zr+2])c2ccc(CCCC)cc2)cc1.Cl.Cl.[C-]1=CC=CC1. The van der Waals surface area contributed by atoms with Crippen molar-refractivity contribution in [2.24, 2.45) is 43.8 Å². The third-order valence-electron chi connectivity index (χ3n) is 16.7. The Bertz CT molecular complexity index is 1940. The van der Waals surface area contributed by atoms with Gasteiger partial charge in [-0.1, -0.05) is 115 Å². The fraction of sp³-hybridized carbons (Fsp3) is 0.455. The molecule has 0 nitrogen and oxygen atoms in total. The minimum atomic E-state index is 0. The van der Waals surface area contributed by atoms with Crippen LogP contribution in [0, 0.1) is 56.3 Å². The van der Waals surface area contributed by atoms with Crippen molar-refractivity contribution in [2.75, 3.05) is 0 Å². The Hall–Kier alpha value is -2.31. The van der Waals surface area contributed by atoms with Crippen LogP contribution in [-0.2, 0) is 37.1 Å². The second-order valence-corrected chi connectivity index (χ2v) is 19.9. The maximum Gasteiger partial charge on any atom is -0.109 e. The number of aryl methyl sites for hydroxylation is 2. The van der Waals surface area contributed by atoms with Crippen LogP contribution < -0.4 is 0 Å². The molecule has 0 N–H and O–H groups in total. The van der Waals surface area contributed by atoms with E-state index in [1.54, 1.807) is 0 Å². The smallest absolute Gasteiger partial charge is 0.109 e. The van der Waals surface area contributed by atoms with E-state index >= 15 is 0 Å². The van der Waals surface area contributed by atoms with Crippen molar-refractivity contribution in [3.05, 3.63) is 174 Å². The predicted octanol–water partition coefficient (Wildman–Crippen LogP) is 15.3. The Labute approximate surface area is 381 Å². The first kappa shape index (κ1) is 48.4. The van der Waals surface area contributed by atoms with Gasteiger partial charge >= 0.3 is 151 Å². The molecule has 0 spiro atoms. The molecule has 0 aliphatic heterocycles. The summed E-state index contributed by atoms with van der Waals surface area (Å²) in [7, 11) is 0. The van der Waals surface area contributed by atoms with Gasteiger partial charge in [0.25, 0.3) is 0 Å². The fourth-order valence-corrected chi connectivity index (χ4v) is 13.0. The molecule has 8 atom stereocenters. The first-order chi connectivity index (χ1) is 26.6. The van der Waals surface area contributed by atoms with Crippen LogP contribution in [0.5, 0.6) is 0 Å². The summed E-state index contributed by atoms with van der Waals surface area (Å²) in [5.74, 6) is 0.460. The fourth-order valence-electron chi connectivity index (χ4n) is 12.2.